The van der Waals surface area contributed by atoms with E-state index < -0.39 is 6.10 Å². The van der Waals surface area contributed by atoms with Crippen LogP contribution in [-0.4, -0.2) is 30.9 Å². The first-order valence-electron chi connectivity index (χ1n) is 5.64. The average molecular weight is 222 g/mol. The SMILES string of the molecule is NOCC(O)CN1CCCc2ccccc21. The van der Waals surface area contributed by atoms with E-state index in [9.17, 15) is 5.11 Å². The molecule has 1 aliphatic heterocycles. The number of hydrogen-bond donors (Lipinski definition) is 2. The average Bonchev–Trinajstić information content (AvgIpc) is 2.30. The fourth-order valence-electron chi connectivity index (χ4n) is 2.22. The number of nitrogens with zero attached hydrogens (tertiary/aromatic N) is 1. The second kappa shape index (κ2) is 5.30. The number of hydrogen-bond acceptors (Lipinski definition) is 4. The molecule has 0 saturated heterocycles. The van der Waals surface area contributed by atoms with Crippen molar-refractivity contribution in [3.63, 3.8) is 0 Å². The molecule has 0 spiro atoms. The number of β-amino-alcohol motifs (C(OH)–C–C–N with tert-alkyl or cyclic N) is 1. The van der Waals surface area contributed by atoms with Crippen LogP contribution in [0.25, 0.3) is 0 Å². The molecule has 1 unspecified atom stereocenters. The van der Waals surface area contributed by atoms with Gasteiger partial charge in [0, 0.05) is 18.8 Å². The lowest BCUT2D eigenvalue weighted by atomic mass is 10.0. The lowest BCUT2D eigenvalue weighted by molar-refractivity contribution is 0.0401. The monoisotopic (exact) mass is 222 g/mol. The number of fused-ring (bicyclic) bond motifs is 1. The molecule has 88 valence electrons. The van der Waals surface area contributed by atoms with Crippen LogP contribution in [0.15, 0.2) is 24.3 Å². The molecule has 0 saturated carbocycles. The molecule has 0 fully saturated rings. The number of benzene rings is 1. The molecule has 4 nitrogen and oxygen atoms in total. The van der Waals surface area contributed by atoms with Crippen molar-refractivity contribution >= 4 is 5.69 Å². The smallest absolute Gasteiger partial charge is 0.0967 e. The van der Waals surface area contributed by atoms with Crippen LogP contribution in [-0.2, 0) is 11.3 Å². The Hall–Kier alpha value is -1.10. The van der Waals surface area contributed by atoms with Gasteiger partial charge in [0.2, 0.25) is 0 Å². The maximum absolute atomic E-state index is 9.68. The van der Waals surface area contributed by atoms with Crippen molar-refractivity contribution in [2.24, 2.45) is 5.90 Å². The second-order valence-electron chi connectivity index (χ2n) is 4.17. The maximum atomic E-state index is 9.68. The first kappa shape index (κ1) is 11.4. The van der Waals surface area contributed by atoms with Crippen molar-refractivity contribution in [3.8, 4) is 0 Å². The van der Waals surface area contributed by atoms with Gasteiger partial charge in [-0.15, -0.1) is 0 Å². The summed E-state index contributed by atoms with van der Waals surface area (Å²) >= 11 is 0. The van der Waals surface area contributed by atoms with Crippen LogP contribution in [0.4, 0.5) is 5.69 Å². The highest BCUT2D eigenvalue weighted by molar-refractivity contribution is 5.55. The highest BCUT2D eigenvalue weighted by Gasteiger charge is 2.18. The third-order valence-corrected chi connectivity index (χ3v) is 2.93. The van der Waals surface area contributed by atoms with E-state index in [0.29, 0.717) is 6.54 Å². The van der Waals surface area contributed by atoms with Gasteiger partial charge in [0.25, 0.3) is 0 Å². The summed E-state index contributed by atoms with van der Waals surface area (Å²) in [5, 5.41) is 9.68. The van der Waals surface area contributed by atoms with Gasteiger partial charge in [-0.05, 0) is 24.5 Å². The van der Waals surface area contributed by atoms with Gasteiger partial charge in [-0.3, -0.25) is 0 Å². The van der Waals surface area contributed by atoms with Crippen LogP contribution < -0.4 is 10.8 Å². The number of para-hydroxylation sites is 1. The van der Waals surface area contributed by atoms with E-state index in [1.54, 1.807) is 0 Å². The van der Waals surface area contributed by atoms with Gasteiger partial charge in [-0.2, -0.15) is 0 Å². The van der Waals surface area contributed by atoms with E-state index >= 15 is 0 Å². The molecule has 1 aromatic rings. The van der Waals surface area contributed by atoms with Crippen LogP contribution in [0.2, 0.25) is 0 Å². The molecular formula is C12H18N2O2. The Morgan fingerprint density at radius 2 is 2.25 bits per heavy atom. The summed E-state index contributed by atoms with van der Waals surface area (Å²) in [5.41, 5.74) is 2.58. The van der Waals surface area contributed by atoms with Gasteiger partial charge in [-0.1, -0.05) is 18.2 Å². The van der Waals surface area contributed by atoms with Gasteiger partial charge in [0.15, 0.2) is 0 Å². The fraction of sp³-hybridized carbons (Fsp3) is 0.500. The molecule has 0 bridgehead atoms. The van der Waals surface area contributed by atoms with Crippen molar-refractivity contribution in [2.45, 2.75) is 18.9 Å². The van der Waals surface area contributed by atoms with Crippen molar-refractivity contribution in [2.75, 3.05) is 24.6 Å². The summed E-state index contributed by atoms with van der Waals surface area (Å²) in [4.78, 5) is 6.65. The zero-order valence-corrected chi connectivity index (χ0v) is 9.30. The van der Waals surface area contributed by atoms with Gasteiger partial charge in [-0.25, -0.2) is 5.90 Å². The largest absolute Gasteiger partial charge is 0.389 e. The van der Waals surface area contributed by atoms with Crippen molar-refractivity contribution < 1.29 is 9.94 Å². The van der Waals surface area contributed by atoms with Gasteiger partial charge < -0.3 is 14.8 Å². The predicted octanol–water partition coefficient (Wildman–Crippen LogP) is 0.690. The molecule has 4 heteroatoms. The minimum atomic E-state index is -0.531. The Morgan fingerprint density at radius 1 is 1.44 bits per heavy atom. The first-order valence-corrected chi connectivity index (χ1v) is 5.64. The van der Waals surface area contributed by atoms with Crippen LogP contribution in [0.5, 0.6) is 0 Å². The number of anilines is 1. The van der Waals surface area contributed by atoms with Crippen LogP contribution in [0.3, 0.4) is 0 Å². The number of aryl methyl sites for hydroxylation is 1. The summed E-state index contributed by atoms with van der Waals surface area (Å²) in [6.45, 7) is 1.74. The van der Waals surface area contributed by atoms with Crippen LogP contribution in [0, 0.1) is 0 Å². The molecule has 0 aromatic heterocycles. The van der Waals surface area contributed by atoms with E-state index in [2.05, 4.69) is 27.9 Å². The second-order valence-corrected chi connectivity index (χ2v) is 4.17. The van der Waals surface area contributed by atoms with Crippen molar-refractivity contribution in [3.05, 3.63) is 29.8 Å². The summed E-state index contributed by atoms with van der Waals surface area (Å²) in [5.74, 6) is 4.95. The Bertz CT molecular complexity index is 344. The van der Waals surface area contributed by atoms with Gasteiger partial charge >= 0.3 is 0 Å². The normalized spacial score (nSPS) is 17.0. The zero-order chi connectivity index (χ0) is 11.4. The first-order chi connectivity index (χ1) is 7.81. The third-order valence-electron chi connectivity index (χ3n) is 2.93. The van der Waals surface area contributed by atoms with Crippen molar-refractivity contribution in [1.82, 2.24) is 0 Å². The van der Waals surface area contributed by atoms with Crippen molar-refractivity contribution in [1.29, 1.82) is 0 Å². The van der Waals surface area contributed by atoms with Gasteiger partial charge in [0.1, 0.15) is 0 Å². The van der Waals surface area contributed by atoms with E-state index in [1.807, 2.05) is 6.07 Å². The highest BCUT2D eigenvalue weighted by atomic mass is 16.6. The summed E-state index contributed by atoms with van der Waals surface area (Å²) in [7, 11) is 0. The molecule has 0 radical (unpaired) electrons. The quantitative estimate of drug-likeness (QED) is 0.736. The third kappa shape index (κ3) is 2.52. The fourth-order valence-corrected chi connectivity index (χ4v) is 2.22. The van der Waals surface area contributed by atoms with E-state index in [4.69, 9.17) is 5.90 Å². The standard InChI is InChI=1S/C12H18N2O2/c13-16-9-11(15)8-14-7-3-5-10-4-1-2-6-12(10)14/h1-2,4,6,11,15H,3,5,7-9,13H2. The molecule has 16 heavy (non-hydrogen) atoms. The molecule has 1 atom stereocenters. The topological polar surface area (TPSA) is 58.7 Å². The predicted molar refractivity (Wildman–Crippen MR) is 63.1 cm³/mol. The Kier molecular flexibility index (Phi) is 3.77. The molecule has 3 N–H and O–H groups in total. The Balaban J connectivity index is 2.07. The highest BCUT2D eigenvalue weighted by Crippen LogP contribution is 2.26. The number of rotatable bonds is 4. The van der Waals surface area contributed by atoms with Crippen LogP contribution >= 0.6 is 0 Å². The number of aliphatic hydroxyl groups excluding tert-OH is 1. The molecule has 1 aromatic carbocycles. The Morgan fingerprint density at radius 3 is 3.06 bits per heavy atom. The zero-order valence-electron chi connectivity index (χ0n) is 9.30. The number of nitrogens with two attached hydrogens (primary N) is 1. The summed E-state index contributed by atoms with van der Waals surface area (Å²) < 4.78 is 0. The maximum Gasteiger partial charge on any atom is 0.0967 e. The van der Waals surface area contributed by atoms with Gasteiger partial charge in [0.05, 0.1) is 12.7 Å². The molecule has 0 aliphatic carbocycles. The Labute approximate surface area is 95.6 Å². The molecule has 1 heterocycles. The lowest BCUT2D eigenvalue weighted by Crippen LogP contribution is -2.38. The van der Waals surface area contributed by atoms with Crippen LogP contribution in [0.1, 0.15) is 12.0 Å². The number of aliphatic hydroxyl groups is 1. The minimum Gasteiger partial charge on any atom is -0.389 e. The molecular weight excluding hydrogens is 204 g/mol. The van der Waals surface area contributed by atoms with E-state index in [1.165, 1.54) is 11.3 Å². The molecule has 2 rings (SSSR count). The summed E-state index contributed by atoms with van der Waals surface area (Å²) in [6.07, 6.45) is 1.72. The van der Waals surface area contributed by atoms with E-state index in [-0.39, 0.29) is 6.61 Å². The minimum absolute atomic E-state index is 0.179. The van der Waals surface area contributed by atoms with E-state index in [0.717, 1.165) is 19.4 Å². The lowest BCUT2D eigenvalue weighted by Gasteiger charge is -2.32. The molecule has 1 aliphatic rings. The summed E-state index contributed by atoms with van der Waals surface area (Å²) in [6, 6.07) is 8.34. The molecule has 0 amide bonds.